The third kappa shape index (κ3) is 4.15. The first kappa shape index (κ1) is 19.6. The van der Waals surface area contributed by atoms with Crippen LogP contribution in [-0.4, -0.2) is 31.1 Å². The lowest BCUT2D eigenvalue weighted by atomic mass is 10.1. The highest BCUT2D eigenvalue weighted by Gasteiger charge is 2.31. The first-order valence-corrected chi connectivity index (χ1v) is 9.67. The minimum atomic E-state index is -0.597. The molecule has 2 aromatic carbocycles. The number of benzene rings is 2. The van der Waals surface area contributed by atoms with Gasteiger partial charge in [0.25, 0.3) is 11.8 Å². The number of carbonyl (C=O) groups is 2. The number of nitrogens with one attached hydrogen (secondary N) is 1. The van der Waals surface area contributed by atoms with Gasteiger partial charge in [0.1, 0.15) is 18.1 Å². The average molecular weight is 406 g/mol. The van der Waals surface area contributed by atoms with Gasteiger partial charge < -0.3 is 24.1 Å². The molecule has 4 rings (SSSR count). The van der Waals surface area contributed by atoms with Crippen molar-refractivity contribution in [2.24, 2.45) is 0 Å². The quantitative estimate of drug-likeness (QED) is 0.668. The Labute approximate surface area is 174 Å². The van der Waals surface area contributed by atoms with Gasteiger partial charge in [0.05, 0.1) is 18.5 Å². The van der Waals surface area contributed by atoms with Crippen LogP contribution in [0.15, 0.2) is 65.3 Å². The number of fused-ring (bicyclic) bond motifs is 1. The van der Waals surface area contributed by atoms with Crippen molar-refractivity contribution in [2.45, 2.75) is 20.0 Å². The standard InChI is InChI=1S/C23H22N2O5/c1-15-5-3-6-18(13-15)28-12-10-25-19-14-17(24-22(26)21-7-4-11-29-21)8-9-20(19)30-16(2)23(25)27/h3-9,11,13-14,16H,10,12H2,1-2H3,(H,24,26). The summed E-state index contributed by atoms with van der Waals surface area (Å²) < 4.78 is 16.7. The Hall–Kier alpha value is -3.74. The van der Waals surface area contributed by atoms with Crippen molar-refractivity contribution < 1.29 is 23.5 Å². The summed E-state index contributed by atoms with van der Waals surface area (Å²) in [5, 5.41) is 2.77. The van der Waals surface area contributed by atoms with Crippen LogP contribution in [0.3, 0.4) is 0 Å². The lowest BCUT2D eigenvalue weighted by Crippen LogP contribution is -2.46. The Morgan fingerprint density at radius 2 is 2.03 bits per heavy atom. The molecule has 0 saturated carbocycles. The van der Waals surface area contributed by atoms with E-state index in [1.165, 1.54) is 6.26 Å². The maximum Gasteiger partial charge on any atom is 0.291 e. The van der Waals surface area contributed by atoms with Gasteiger partial charge >= 0.3 is 0 Å². The van der Waals surface area contributed by atoms with Gasteiger partial charge in [-0.1, -0.05) is 12.1 Å². The molecule has 7 nitrogen and oxygen atoms in total. The van der Waals surface area contributed by atoms with E-state index >= 15 is 0 Å². The van der Waals surface area contributed by atoms with Crippen LogP contribution in [-0.2, 0) is 4.79 Å². The molecule has 154 valence electrons. The van der Waals surface area contributed by atoms with E-state index in [2.05, 4.69) is 5.32 Å². The Balaban J connectivity index is 1.51. The third-order valence-corrected chi connectivity index (χ3v) is 4.74. The summed E-state index contributed by atoms with van der Waals surface area (Å²) in [6.45, 7) is 4.38. The molecule has 1 aliphatic rings. The van der Waals surface area contributed by atoms with Crippen LogP contribution >= 0.6 is 0 Å². The number of carbonyl (C=O) groups excluding carboxylic acids is 2. The Kier molecular flexibility index (Phi) is 5.43. The maximum atomic E-state index is 12.7. The summed E-state index contributed by atoms with van der Waals surface area (Å²) in [4.78, 5) is 26.6. The van der Waals surface area contributed by atoms with Crippen LogP contribution in [0.25, 0.3) is 0 Å². The normalized spacial score (nSPS) is 15.3. The zero-order valence-electron chi connectivity index (χ0n) is 16.8. The fraction of sp³-hybridized carbons (Fsp3) is 0.217. The van der Waals surface area contributed by atoms with E-state index in [9.17, 15) is 9.59 Å². The largest absolute Gasteiger partial charge is 0.492 e. The Bertz CT molecular complexity index is 1060. The fourth-order valence-electron chi connectivity index (χ4n) is 3.28. The predicted molar refractivity (Wildman–Crippen MR) is 112 cm³/mol. The minimum absolute atomic E-state index is 0.162. The fourth-order valence-corrected chi connectivity index (χ4v) is 3.28. The second kappa shape index (κ2) is 8.32. The lowest BCUT2D eigenvalue weighted by molar-refractivity contribution is -0.125. The number of anilines is 2. The second-order valence-corrected chi connectivity index (χ2v) is 7.03. The molecule has 0 fully saturated rings. The molecule has 7 heteroatoms. The van der Waals surface area contributed by atoms with Crippen molar-refractivity contribution >= 4 is 23.2 Å². The molecule has 1 aromatic heterocycles. The van der Waals surface area contributed by atoms with Crippen LogP contribution in [0.2, 0.25) is 0 Å². The zero-order valence-corrected chi connectivity index (χ0v) is 16.8. The van der Waals surface area contributed by atoms with Gasteiger partial charge in [-0.25, -0.2) is 0 Å². The van der Waals surface area contributed by atoms with E-state index in [1.807, 2.05) is 31.2 Å². The van der Waals surface area contributed by atoms with Crippen molar-refractivity contribution in [3.8, 4) is 11.5 Å². The minimum Gasteiger partial charge on any atom is -0.492 e. The number of ether oxygens (including phenoxy) is 2. The van der Waals surface area contributed by atoms with Gasteiger partial charge in [0.2, 0.25) is 0 Å². The van der Waals surface area contributed by atoms with Crippen molar-refractivity contribution in [1.29, 1.82) is 0 Å². The lowest BCUT2D eigenvalue weighted by Gasteiger charge is -2.33. The van der Waals surface area contributed by atoms with Gasteiger partial charge in [-0.3, -0.25) is 9.59 Å². The highest BCUT2D eigenvalue weighted by Crippen LogP contribution is 2.36. The molecule has 3 aromatic rings. The molecule has 0 radical (unpaired) electrons. The van der Waals surface area contributed by atoms with E-state index < -0.39 is 6.10 Å². The highest BCUT2D eigenvalue weighted by molar-refractivity contribution is 6.04. The van der Waals surface area contributed by atoms with Crippen LogP contribution in [0.1, 0.15) is 23.0 Å². The molecule has 1 unspecified atom stereocenters. The molecule has 30 heavy (non-hydrogen) atoms. The molecule has 1 atom stereocenters. The SMILES string of the molecule is Cc1cccc(OCCN2C(=O)C(C)Oc3ccc(NC(=O)c4ccco4)cc32)c1. The summed E-state index contributed by atoms with van der Waals surface area (Å²) in [7, 11) is 0. The van der Waals surface area contributed by atoms with Crippen LogP contribution in [0.5, 0.6) is 11.5 Å². The van der Waals surface area contributed by atoms with Crippen LogP contribution in [0, 0.1) is 6.92 Å². The van der Waals surface area contributed by atoms with Crippen molar-refractivity contribution in [3.05, 3.63) is 72.2 Å². The van der Waals surface area contributed by atoms with Crippen LogP contribution in [0.4, 0.5) is 11.4 Å². The molecule has 0 aliphatic carbocycles. The average Bonchev–Trinajstić information content (AvgIpc) is 3.26. The Morgan fingerprint density at radius 3 is 2.80 bits per heavy atom. The van der Waals surface area contributed by atoms with Crippen molar-refractivity contribution in [1.82, 2.24) is 0 Å². The van der Waals surface area contributed by atoms with E-state index in [4.69, 9.17) is 13.9 Å². The van der Waals surface area contributed by atoms with E-state index in [0.29, 0.717) is 30.3 Å². The number of amides is 2. The smallest absolute Gasteiger partial charge is 0.291 e. The molecule has 0 spiro atoms. The molecular formula is C23H22N2O5. The highest BCUT2D eigenvalue weighted by atomic mass is 16.5. The Morgan fingerprint density at radius 1 is 1.17 bits per heavy atom. The number of hydrogen-bond donors (Lipinski definition) is 1. The summed E-state index contributed by atoms with van der Waals surface area (Å²) in [6.07, 6.45) is 0.839. The number of furan rings is 1. The van der Waals surface area contributed by atoms with Gasteiger partial charge in [0.15, 0.2) is 11.9 Å². The van der Waals surface area contributed by atoms with Gasteiger partial charge in [-0.2, -0.15) is 0 Å². The number of nitrogens with zero attached hydrogens (tertiary/aromatic N) is 1. The van der Waals surface area contributed by atoms with Gasteiger partial charge in [0, 0.05) is 5.69 Å². The predicted octanol–water partition coefficient (Wildman–Crippen LogP) is 4.03. The molecule has 1 aliphatic heterocycles. The van der Waals surface area contributed by atoms with Gasteiger partial charge in [-0.15, -0.1) is 0 Å². The molecular weight excluding hydrogens is 384 g/mol. The number of hydrogen-bond acceptors (Lipinski definition) is 5. The van der Waals surface area contributed by atoms with Crippen LogP contribution < -0.4 is 19.7 Å². The maximum absolute atomic E-state index is 12.7. The van der Waals surface area contributed by atoms with Crippen molar-refractivity contribution in [2.75, 3.05) is 23.4 Å². The molecule has 0 bridgehead atoms. The summed E-state index contributed by atoms with van der Waals surface area (Å²) in [5.41, 5.74) is 2.22. The van der Waals surface area contributed by atoms with Gasteiger partial charge in [-0.05, 0) is 61.9 Å². The monoisotopic (exact) mass is 406 g/mol. The zero-order chi connectivity index (χ0) is 21.1. The molecule has 1 N–H and O–H groups in total. The summed E-state index contributed by atoms with van der Waals surface area (Å²) >= 11 is 0. The number of rotatable bonds is 6. The first-order valence-electron chi connectivity index (χ1n) is 9.67. The molecule has 0 saturated heterocycles. The third-order valence-electron chi connectivity index (χ3n) is 4.74. The summed E-state index contributed by atoms with van der Waals surface area (Å²) in [5.74, 6) is 1.00. The van der Waals surface area contributed by atoms with E-state index in [0.717, 1.165) is 11.3 Å². The molecule has 2 amide bonds. The molecule has 2 heterocycles. The first-order chi connectivity index (χ1) is 14.5. The summed E-state index contributed by atoms with van der Waals surface area (Å²) in [6, 6.07) is 16.2. The van der Waals surface area contributed by atoms with Crippen molar-refractivity contribution in [3.63, 3.8) is 0 Å². The topological polar surface area (TPSA) is 81.0 Å². The number of aryl methyl sites for hydroxylation is 1. The van der Waals surface area contributed by atoms with E-state index in [1.54, 1.807) is 42.2 Å². The van der Waals surface area contributed by atoms with E-state index in [-0.39, 0.29) is 17.6 Å². The second-order valence-electron chi connectivity index (χ2n) is 7.03.